The fourth-order valence-electron chi connectivity index (χ4n) is 3.30. The maximum absolute atomic E-state index is 12.7. The van der Waals surface area contributed by atoms with Crippen LogP contribution < -0.4 is 10.0 Å². The molecular weight excluding hydrogens is 488 g/mol. The second-order valence-electron chi connectivity index (χ2n) is 8.03. The van der Waals surface area contributed by atoms with E-state index in [1.165, 1.54) is 31.2 Å². The summed E-state index contributed by atoms with van der Waals surface area (Å²) < 4.78 is 36.9. The molecular formula is C24H26N4O7S. The quantitative estimate of drug-likeness (QED) is 0.436. The Labute approximate surface area is 208 Å². The van der Waals surface area contributed by atoms with Crippen LogP contribution in [0.15, 0.2) is 64.0 Å². The Bertz CT molecular complexity index is 1380. The topological polar surface area (TPSA) is 148 Å². The average molecular weight is 515 g/mol. The minimum absolute atomic E-state index is 0.000401. The number of nitrogens with zero attached hydrogens (tertiary/aromatic N) is 2. The Hall–Kier alpha value is -4.19. The number of aryl methyl sites for hydroxylation is 1. The van der Waals surface area contributed by atoms with Crippen LogP contribution in [0.25, 0.3) is 11.3 Å². The maximum Gasteiger partial charge on any atom is 0.333 e. The largest absolute Gasteiger partial charge is 0.469 e. The number of esters is 1. The zero-order valence-electron chi connectivity index (χ0n) is 20.1. The molecule has 0 saturated carbocycles. The van der Waals surface area contributed by atoms with Gasteiger partial charge >= 0.3 is 12.0 Å². The van der Waals surface area contributed by atoms with Gasteiger partial charge in [0.1, 0.15) is 5.69 Å². The number of hydrogen-bond acceptors (Lipinski definition) is 8. The standard InChI is InChI=1S/C24H26N4O7S/c1-15-8-5-6-11-21(15)36(32,33)27-24(31)25-18-10-7-9-17(13-18)19-14-20(35-26-19)23(30)28(3)16(2)12-22(29)34-4/h5-11,13-14,16H,12H2,1-4H3,(H2,25,27,31). The average Bonchev–Trinajstić information content (AvgIpc) is 3.33. The molecule has 36 heavy (non-hydrogen) atoms. The van der Waals surface area contributed by atoms with E-state index >= 15 is 0 Å². The molecule has 3 amide bonds. The number of nitrogens with one attached hydrogen (secondary N) is 2. The van der Waals surface area contributed by atoms with Crippen LogP contribution >= 0.6 is 0 Å². The van der Waals surface area contributed by atoms with Gasteiger partial charge in [-0.15, -0.1) is 0 Å². The first-order valence-corrected chi connectivity index (χ1v) is 12.3. The molecule has 0 fully saturated rings. The van der Waals surface area contributed by atoms with Gasteiger partial charge in [-0.1, -0.05) is 35.5 Å². The fraction of sp³-hybridized carbons (Fsp3) is 0.250. The Kier molecular flexibility index (Phi) is 8.10. The lowest BCUT2D eigenvalue weighted by atomic mass is 10.1. The fourth-order valence-corrected chi connectivity index (χ4v) is 4.45. The highest BCUT2D eigenvalue weighted by Gasteiger charge is 2.24. The molecule has 2 aromatic carbocycles. The predicted octanol–water partition coefficient (Wildman–Crippen LogP) is 3.18. The predicted molar refractivity (Wildman–Crippen MR) is 131 cm³/mol. The van der Waals surface area contributed by atoms with E-state index in [4.69, 9.17) is 4.52 Å². The number of amides is 3. The monoisotopic (exact) mass is 514 g/mol. The summed E-state index contributed by atoms with van der Waals surface area (Å²) in [5, 5.41) is 6.39. The third-order valence-corrected chi connectivity index (χ3v) is 6.91. The lowest BCUT2D eigenvalue weighted by molar-refractivity contribution is -0.141. The van der Waals surface area contributed by atoms with E-state index in [0.717, 1.165) is 0 Å². The summed E-state index contributed by atoms with van der Waals surface area (Å²) in [6.07, 6.45) is 0.0229. The number of urea groups is 1. The van der Waals surface area contributed by atoms with E-state index in [0.29, 0.717) is 22.5 Å². The molecule has 11 nitrogen and oxygen atoms in total. The summed E-state index contributed by atoms with van der Waals surface area (Å²) in [6, 6.07) is 12.8. The number of carbonyl (C=O) groups is 3. The molecule has 190 valence electrons. The number of rotatable bonds is 8. The summed E-state index contributed by atoms with van der Waals surface area (Å²) in [4.78, 5) is 37.9. The van der Waals surface area contributed by atoms with Crippen LogP contribution in [0.5, 0.6) is 0 Å². The lowest BCUT2D eigenvalue weighted by Crippen LogP contribution is -2.36. The van der Waals surface area contributed by atoms with Gasteiger partial charge in [-0.25, -0.2) is 17.9 Å². The van der Waals surface area contributed by atoms with E-state index in [1.54, 1.807) is 56.3 Å². The highest BCUT2D eigenvalue weighted by atomic mass is 32.2. The van der Waals surface area contributed by atoms with Gasteiger partial charge in [0.2, 0.25) is 5.76 Å². The van der Waals surface area contributed by atoms with Crippen LogP contribution in [-0.2, 0) is 19.6 Å². The van der Waals surface area contributed by atoms with Gasteiger partial charge in [0.15, 0.2) is 0 Å². The molecule has 0 aliphatic rings. The zero-order chi connectivity index (χ0) is 26.5. The second-order valence-corrected chi connectivity index (χ2v) is 9.68. The molecule has 1 atom stereocenters. The highest BCUT2D eigenvalue weighted by molar-refractivity contribution is 7.90. The van der Waals surface area contributed by atoms with Gasteiger partial charge < -0.3 is 19.5 Å². The number of ether oxygens (including phenoxy) is 1. The molecule has 3 aromatic rings. The summed E-state index contributed by atoms with van der Waals surface area (Å²) in [5.41, 5.74) is 1.64. The van der Waals surface area contributed by atoms with Crippen LogP contribution in [0.1, 0.15) is 29.5 Å². The maximum atomic E-state index is 12.7. The first-order chi connectivity index (χ1) is 17.0. The zero-order valence-corrected chi connectivity index (χ0v) is 21.0. The van der Waals surface area contributed by atoms with E-state index < -0.39 is 34.0 Å². The Balaban J connectivity index is 1.70. The molecule has 1 unspecified atom stereocenters. The number of hydrogen-bond donors (Lipinski definition) is 2. The normalized spacial score (nSPS) is 11.9. The van der Waals surface area contributed by atoms with Gasteiger partial charge in [-0.05, 0) is 37.6 Å². The molecule has 0 aliphatic heterocycles. The SMILES string of the molecule is COC(=O)CC(C)N(C)C(=O)c1cc(-c2cccc(NC(=O)NS(=O)(=O)c3ccccc3C)c2)no1. The van der Waals surface area contributed by atoms with Crippen molar-refractivity contribution in [2.75, 3.05) is 19.5 Å². The third kappa shape index (κ3) is 6.27. The number of carbonyl (C=O) groups excluding carboxylic acids is 3. The summed E-state index contributed by atoms with van der Waals surface area (Å²) in [7, 11) is -1.26. The van der Waals surface area contributed by atoms with Crippen LogP contribution in [0.2, 0.25) is 0 Å². The van der Waals surface area contributed by atoms with Crippen molar-refractivity contribution < 1.29 is 32.1 Å². The molecule has 0 bridgehead atoms. The van der Waals surface area contributed by atoms with Crippen LogP contribution in [0, 0.1) is 6.92 Å². The van der Waals surface area contributed by atoms with Gasteiger partial charge in [0.05, 0.1) is 18.4 Å². The van der Waals surface area contributed by atoms with Crippen molar-refractivity contribution in [1.82, 2.24) is 14.8 Å². The molecule has 0 spiro atoms. The van der Waals surface area contributed by atoms with Crippen molar-refractivity contribution in [3.8, 4) is 11.3 Å². The van der Waals surface area contributed by atoms with Crippen molar-refractivity contribution in [3.05, 3.63) is 65.9 Å². The smallest absolute Gasteiger partial charge is 0.333 e. The summed E-state index contributed by atoms with van der Waals surface area (Å²) >= 11 is 0. The van der Waals surface area contributed by atoms with Gasteiger partial charge in [0.25, 0.3) is 15.9 Å². The second kappa shape index (κ2) is 11.0. The number of methoxy groups -OCH3 is 1. The van der Waals surface area contributed by atoms with Crippen molar-refractivity contribution in [2.24, 2.45) is 0 Å². The van der Waals surface area contributed by atoms with E-state index in [1.807, 2.05) is 4.72 Å². The minimum Gasteiger partial charge on any atom is -0.469 e. The molecule has 0 saturated heterocycles. The molecule has 0 aliphatic carbocycles. The molecule has 0 radical (unpaired) electrons. The summed E-state index contributed by atoms with van der Waals surface area (Å²) in [6.45, 7) is 3.33. The van der Waals surface area contributed by atoms with Crippen LogP contribution in [-0.4, -0.2) is 56.6 Å². The molecule has 1 aromatic heterocycles. The molecule has 1 heterocycles. The number of anilines is 1. The first-order valence-electron chi connectivity index (χ1n) is 10.8. The van der Waals surface area contributed by atoms with Gasteiger partial charge in [-0.2, -0.15) is 0 Å². The Morgan fingerprint density at radius 3 is 2.53 bits per heavy atom. The summed E-state index contributed by atoms with van der Waals surface area (Å²) in [5.74, 6) is -0.953. The Morgan fingerprint density at radius 2 is 1.83 bits per heavy atom. The van der Waals surface area contributed by atoms with E-state index in [9.17, 15) is 22.8 Å². The van der Waals surface area contributed by atoms with Gasteiger partial charge in [0, 0.05) is 30.4 Å². The van der Waals surface area contributed by atoms with Crippen molar-refractivity contribution in [2.45, 2.75) is 31.2 Å². The van der Waals surface area contributed by atoms with E-state index in [-0.39, 0.29) is 17.1 Å². The lowest BCUT2D eigenvalue weighted by Gasteiger charge is -2.22. The Morgan fingerprint density at radius 1 is 1.11 bits per heavy atom. The highest BCUT2D eigenvalue weighted by Crippen LogP contribution is 2.24. The molecule has 2 N–H and O–H groups in total. The van der Waals surface area contributed by atoms with Crippen molar-refractivity contribution in [3.63, 3.8) is 0 Å². The number of benzene rings is 2. The van der Waals surface area contributed by atoms with Gasteiger partial charge in [-0.3, -0.25) is 9.59 Å². The van der Waals surface area contributed by atoms with Crippen molar-refractivity contribution in [1.29, 1.82) is 0 Å². The number of aromatic nitrogens is 1. The van der Waals surface area contributed by atoms with Crippen molar-refractivity contribution >= 4 is 33.6 Å². The third-order valence-electron chi connectivity index (χ3n) is 5.42. The van der Waals surface area contributed by atoms with Crippen LogP contribution in [0.3, 0.4) is 0 Å². The molecule has 3 rings (SSSR count). The first kappa shape index (κ1) is 26.4. The minimum atomic E-state index is -4.06. The number of sulfonamides is 1. The van der Waals surface area contributed by atoms with Crippen LogP contribution in [0.4, 0.5) is 10.5 Å². The molecule has 12 heteroatoms. The van der Waals surface area contributed by atoms with E-state index in [2.05, 4.69) is 15.2 Å².